The highest BCUT2D eigenvalue weighted by Gasteiger charge is 2.40. The van der Waals surface area contributed by atoms with Crippen LogP contribution in [0.3, 0.4) is 0 Å². The number of nitrogens with two attached hydrogens (primary N) is 1. The van der Waals surface area contributed by atoms with Gasteiger partial charge in [0.1, 0.15) is 0 Å². The molecule has 1 atom stereocenters. The molecule has 2 rings (SSSR count). The molecule has 1 unspecified atom stereocenters. The van der Waals surface area contributed by atoms with Crippen LogP contribution in [0.25, 0.3) is 0 Å². The topological polar surface area (TPSA) is 26.0 Å². The zero-order valence-corrected chi connectivity index (χ0v) is 9.79. The normalized spacial score (nSPS) is 19.9. The molecule has 2 N–H and O–H groups in total. The number of hydrogen-bond acceptors (Lipinski definition) is 1. The average molecular weight is 203 g/mol. The Labute approximate surface area is 92.7 Å². The summed E-state index contributed by atoms with van der Waals surface area (Å²) in [6.45, 7) is 5.35. The van der Waals surface area contributed by atoms with Crippen LogP contribution in [0.5, 0.6) is 0 Å². The molecule has 0 radical (unpaired) electrons. The highest BCUT2D eigenvalue weighted by molar-refractivity contribution is 5.27. The second-order valence-corrected chi connectivity index (χ2v) is 5.24. The van der Waals surface area contributed by atoms with Crippen molar-refractivity contribution in [2.45, 2.75) is 33.1 Å². The number of hydrogen-bond donors (Lipinski definition) is 1. The molecular weight excluding hydrogens is 182 g/mol. The average Bonchev–Trinajstić information content (AvgIpc) is 3.05. The summed E-state index contributed by atoms with van der Waals surface area (Å²) in [4.78, 5) is 0. The maximum Gasteiger partial charge on any atom is -0.00173 e. The summed E-state index contributed by atoms with van der Waals surface area (Å²) in [5.41, 5.74) is 9.14. The van der Waals surface area contributed by atoms with Gasteiger partial charge in [-0.05, 0) is 55.2 Å². The summed E-state index contributed by atoms with van der Waals surface area (Å²) in [5.74, 6) is 0.863. The number of aryl methyl sites for hydroxylation is 1. The molecule has 1 aliphatic rings. The fraction of sp³-hybridized carbons (Fsp3) is 0.571. The van der Waals surface area contributed by atoms with Gasteiger partial charge in [-0.25, -0.2) is 0 Å². The van der Waals surface area contributed by atoms with Crippen LogP contribution in [0, 0.1) is 18.3 Å². The molecule has 0 saturated heterocycles. The maximum atomic E-state index is 5.95. The van der Waals surface area contributed by atoms with Crippen molar-refractivity contribution in [3.63, 3.8) is 0 Å². The van der Waals surface area contributed by atoms with Crippen molar-refractivity contribution < 1.29 is 0 Å². The highest BCUT2D eigenvalue weighted by atomic mass is 14.6. The Morgan fingerprint density at radius 3 is 2.53 bits per heavy atom. The van der Waals surface area contributed by atoms with Gasteiger partial charge in [0, 0.05) is 0 Å². The molecule has 0 spiro atoms. The fourth-order valence-electron chi connectivity index (χ4n) is 2.41. The van der Waals surface area contributed by atoms with Crippen molar-refractivity contribution in [2.75, 3.05) is 6.54 Å². The van der Waals surface area contributed by atoms with Crippen molar-refractivity contribution in [1.29, 1.82) is 0 Å². The molecule has 1 nitrogen and oxygen atoms in total. The Kier molecular flexibility index (Phi) is 2.83. The smallest absolute Gasteiger partial charge is 0.00173 e. The lowest BCUT2D eigenvalue weighted by Crippen LogP contribution is -2.32. The molecule has 0 heterocycles. The first-order valence-corrected chi connectivity index (χ1v) is 5.90. The van der Waals surface area contributed by atoms with E-state index >= 15 is 0 Å². The van der Waals surface area contributed by atoms with E-state index in [1.165, 1.54) is 24.0 Å². The fourth-order valence-corrected chi connectivity index (χ4v) is 2.41. The van der Waals surface area contributed by atoms with Crippen LogP contribution in [0.1, 0.15) is 30.9 Å². The molecule has 0 aliphatic heterocycles. The van der Waals surface area contributed by atoms with Gasteiger partial charge in [0.05, 0.1) is 0 Å². The van der Waals surface area contributed by atoms with Crippen LogP contribution in [0.2, 0.25) is 0 Å². The zero-order valence-electron chi connectivity index (χ0n) is 9.79. The molecule has 82 valence electrons. The van der Waals surface area contributed by atoms with Crippen LogP contribution in [-0.4, -0.2) is 6.54 Å². The summed E-state index contributed by atoms with van der Waals surface area (Å²) in [6.07, 6.45) is 3.89. The first-order chi connectivity index (χ1) is 7.15. The van der Waals surface area contributed by atoms with Crippen LogP contribution < -0.4 is 5.73 Å². The summed E-state index contributed by atoms with van der Waals surface area (Å²) in [5, 5.41) is 0. The SMILES string of the molecule is Cc1ccccc1CC(C)(CN)C1CC1. The van der Waals surface area contributed by atoms with Gasteiger partial charge in [-0.1, -0.05) is 31.2 Å². The molecule has 1 aromatic carbocycles. The van der Waals surface area contributed by atoms with Gasteiger partial charge in [0.2, 0.25) is 0 Å². The van der Waals surface area contributed by atoms with E-state index in [0.29, 0.717) is 5.41 Å². The van der Waals surface area contributed by atoms with E-state index in [9.17, 15) is 0 Å². The summed E-state index contributed by atoms with van der Waals surface area (Å²) in [6, 6.07) is 8.67. The quantitative estimate of drug-likeness (QED) is 0.800. The van der Waals surface area contributed by atoms with E-state index < -0.39 is 0 Å². The molecular formula is C14H21N. The first-order valence-electron chi connectivity index (χ1n) is 5.90. The van der Waals surface area contributed by atoms with Crippen LogP contribution in [0.4, 0.5) is 0 Å². The Hall–Kier alpha value is -0.820. The first kappa shape index (κ1) is 10.7. The largest absolute Gasteiger partial charge is 0.330 e. The highest BCUT2D eigenvalue weighted by Crippen LogP contribution is 2.46. The van der Waals surface area contributed by atoms with E-state index in [4.69, 9.17) is 5.73 Å². The van der Waals surface area contributed by atoms with Gasteiger partial charge in [-0.3, -0.25) is 0 Å². The monoisotopic (exact) mass is 203 g/mol. The minimum absolute atomic E-state index is 0.326. The van der Waals surface area contributed by atoms with Gasteiger partial charge in [0.15, 0.2) is 0 Å². The van der Waals surface area contributed by atoms with E-state index in [0.717, 1.165) is 18.9 Å². The third-order valence-corrected chi connectivity index (χ3v) is 3.88. The molecule has 1 heteroatoms. The Morgan fingerprint density at radius 2 is 2.00 bits per heavy atom. The summed E-state index contributed by atoms with van der Waals surface area (Å²) in [7, 11) is 0. The van der Waals surface area contributed by atoms with Crippen molar-refractivity contribution in [3.8, 4) is 0 Å². The Bertz CT molecular complexity index is 341. The van der Waals surface area contributed by atoms with E-state index in [1.54, 1.807) is 0 Å². The molecule has 1 aromatic rings. The van der Waals surface area contributed by atoms with Gasteiger partial charge in [-0.2, -0.15) is 0 Å². The molecule has 1 fully saturated rings. The standard InChI is InChI=1S/C14H21N/c1-11-5-3-4-6-12(11)9-14(2,10-15)13-7-8-13/h3-6,13H,7-10,15H2,1-2H3. The molecule has 0 bridgehead atoms. The minimum atomic E-state index is 0.326. The van der Waals surface area contributed by atoms with Gasteiger partial charge >= 0.3 is 0 Å². The molecule has 0 amide bonds. The molecule has 15 heavy (non-hydrogen) atoms. The second-order valence-electron chi connectivity index (χ2n) is 5.24. The van der Waals surface area contributed by atoms with E-state index in [-0.39, 0.29) is 0 Å². The predicted molar refractivity (Wildman–Crippen MR) is 64.8 cm³/mol. The second kappa shape index (κ2) is 3.97. The minimum Gasteiger partial charge on any atom is -0.330 e. The van der Waals surface area contributed by atoms with E-state index in [2.05, 4.69) is 38.1 Å². The lowest BCUT2D eigenvalue weighted by Gasteiger charge is -2.28. The Morgan fingerprint density at radius 1 is 1.33 bits per heavy atom. The van der Waals surface area contributed by atoms with Crippen LogP contribution in [0.15, 0.2) is 24.3 Å². The maximum absolute atomic E-state index is 5.95. The summed E-state index contributed by atoms with van der Waals surface area (Å²) < 4.78 is 0. The van der Waals surface area contributed by atoms with Crippen molar-refractivity contribution in [2.24, 2.45) is 17.1 Å². The van der Waals surface area contributed by atoms with Crippen molar-refractivity contribution >= 4 is 0 Å². The molecule has 1 aliphatic carbocycles. The van der Waals surface area contributed by atoms with Gasteiger partial charge < -0.3 is 5.73 Å². The predicted octanol–water partition coefficient (Wildman–Crippen LogP) is 2.91. The lowest BCUT2D eigenvalue weighted by atomic mass is 9.78. The molecule has 1 saturated carbocycles. The van der Waals surface area contributed by atoms with E-state index in [1.807, 2.05) is 0 Å². The number of rotatable bonds is 4. The van der Waals surface area contributed by atoms with Crippen molar-refractivity contribution in [1.82, 2.24) is 0 Å². The zero-order chi connectivity index (χ0) is 10.9. The van der Waals surface area contributed by atoms with Crippen molar-refractivity contribution in [3.05, 3.63) is 35.4 Å². The van der Waals surface area contributed by atoms with Crippen LogP contribution >= 0.6 is 0 Å². The molecule has 0 aromatic heterocycles. The number of benzene rings is 1. The van der Waals surface area contributed by atoms with Gasteiger partial charge in [0.25, 0.3) is 0 Å². The van der Waals surface area contributed by atoms with Crippen LogP contribution in [-0.2, 0) is 6.42 Å². The Balaban J connectivity index is 2.16. The third-order valence-electron chi connectivity index (χ3n) is 3.88. The van der Waals surface area contributed by atoms with Gasteiger partial charge in [-0.15, -0.1) is 0 Å². The third kappa shape index (κ3) is 2.23. The lowest BCUT2D eigenvalue weighted by molar-refractivity contribution is 0.281. The summed E-state index contributed by atoms with van der Waals surface area (Å²) >= 11 is 0.